The number of carbonyl (C=O) groups is 5. The van der Waals surface area contributed by atoms with Crippen molar-refractivity contribution in [1.29, 1.82) is 0 Å². The van der Waals surface area contributed by atoms with E-state index in [2.05, 4.69) is 120 Å². The van der Waals surface area contributed by atoms with E-state index in [-0.39, 0.29) is 62.8 Å². The molecule has 15 heterocycles. The smallest absolute Gasteiger partial charge is 0.413 e. The standard InChI is InChI=1S/C30H38N8O5.C24H33ClN8O5.C20H22N8O.C15H16BrClN6O3/c1-8-38-24-20(36-14-16-37(17-15-36)28(40)42-30(5,6)7)18-31-21(19-12-10-9-11-13-19)22(24)32-26(38)23-25(35-43-34-23)33-27(39)41-29(2,3)4;1-8-33-17-14(31-9-11-32(12-10-31)22(35)37-24(5,6)7)13-26-18(25)15(17)27-20(33)16-19(30-38-29-16)28-21(34)36-23(2,3)4;1-2-28-18-14(27-10-8-22-9-11-27)12-23-15(13-6-4-3-5-7-13)16(18)24-20(28)17-19(21)26-29-25-17;1-5-23-10-7(16)6-18-11(17)8(10)19-13(23)9-12(22-26-21-9)20-14(24)25-15(2,3)4/h9-13,18H,8,14-17H2,1-7H3,(H,33,35,39);13H,8-12H2,1-7H3,(H,28,30,34);3-7,12,22H,2,8-11H2,1H3,(H2,21,26);6H,5H2,1-4H3,(H,20,22,24). The molecular weight excluding hydrogens is 1860 g/mol. The van der Waals surface area contributed by atoms with Gasteiger partial charge >= 0.3 is 30.5 Å². The van der Waals surface area contributed by atoms with Gasteiger partial charge in [0.05, 0.1) is 73.6 Å². The minimum Gasteiger partial charge on any atom is -0.444 e. The summed E-state index contributed by atoms with van der Waals surface area (Å²) in [6.45, 7) is 45.3. The number of aryl methyl sites for hydroxylation is 4. The first-order valence-electron chi connectivity index (χ1n) is 44.2. The molecule has 136 heavy (non-hydrogen) atoms. The van der Waals surface area contributed by atoms with Gasteiger partial charge in [0.2, 0.25) is 17.5 Å². The summed E-state index contributed by atoms with van der Waals surface area (Å²) in [5.74, 6) is 2.44. The van der Waals surface area contributed by atoms with Gasteiger partial charge in [0.15, 0.2) is 62.2 Å². The fourth-order valence-corrected chi connectivity index (χ4v) is 16.2. The highest BCUT2D eigenvalue weighted by molar-refractivity contribution is 9.10. The van der Waals surface area contributed by atoms with Crippen LogP contribution in [0.15, 0.2) is 108 Å². The van der Waals surface area contributed by atoms with Gasteiger partial charge in [-0.3, -0.25) is 25.9 Å². The van der Waals surface area contributed by atoms with Crippen LogP contribution in [0.25, 0.3) is 113 Å². The number of amides is 5. The van der Waals surface area contributed by atoms with Crippen molar-refractivity contribution in [3.8, 4) is 68.6 Å². The van der Waals surface area contributed by atoms with Crippen LogP contribution in [-0.2, 0) is 49.9 Å². The van der Waals surface area contributed by atoms with Gasteiger partial charge in [-0.15, -0.1) is 0 Å². The Bertz CT molecular complexity index is 6630. The molecule has 17 rings (SSSR count). The molecule has 3 aliphatic rings. The summed E-state index contributed by atoms with van der Waals surface area (Å²) < 4.78 is 55.4. The molecule has 47 heteroatoms. The Hall–Kier alpha value is -14.0. The zero-order valence-corrected chi connectivity index (χ0v) is 82.1. The average Bonchev–Trinajstić information content (AvgIpc) is 1.59. The van der Waals surface area contributed by atoms with Crippen LogP contribution in [-0.4, -0.2) is 246 Å². The average molecular weight is 1970 g/mol. The molecule has 14 aromatic rings. The van der Waals surface area contributed by atoms with E-state index in [0.717, 1.165) is 92.1 Å². The molecular formula is C89H109BrCl2N30O14. The number of pyridine rings is 4. The quantitative estimate of drug-likeness (QED) is 0.0443. The highest BCUT2D eigenvalue weighted by atomic mass is 79.9. The van der Waals surface area contributed by atoms with Gasteiger partial charge in [-0.1, -0.05) is 83.9 Å². The molecule has 3 aliphatic heterocycles. The highest BCUT2D eigenvalue weighted by Crippen LogP contribution is 2.43. The fourth-order valence-electron chi connectivity index (χ4n) is 15.3. The molecule has 3 saturated heterocycles. The van der Waals surface area contributed by atoms with Gasteiger partial charge in [-0.05, 0) is 189 Å². The summed E-state index contributed by atoms with van der Waals surface area (Å²) in [6.07, 6.45) is 4.41. The van der Waals surface area contributed by atoms with Crippen LogP contribution in [0.4, 0.5) is 64.3 Å². The lowest BCUT2D eigenvalue weighted by molar-refractivity contribution is 0.0230. The van der Waals surface area contributed by atoms with E-state index in [4.69, 9.17) is 96.1 Å². The molecule has 12 aromatic heterocycles. The molecule has 0 unspecified atom stereocenters. The van der Waals surface area contributed by atoms with E-state index >= 15 is 0 Å². The highest BCUT2D eigenvalue weighted by Gasteiger charge is 2.36. The number of halogens is 3. The Morgan fingerprint density at radius 3 is 1.03 bits per heavy atom. The number of anilines is 7. The number of hydrogen-bond acceptors (Lipinski definition) is 35. The Kier molecular flexibility index (Phi) is 29.3. The predicted octanol–water partition coefficient (Wildman–Crippen LogP) is 16.6. The molecule has 5 amide bonds. The van der Waals surface area contributed by atoms with Crippen molar-refractivity contribution >= 4 is 154 Å². The molecule has 0 spiro atoms. The molecule has 720 valence electrons. The predicted molar refractivity (Wildman–Crippen MR) is 514 cm³/mol. The number of piperazine rings is 3. The monoisotopic (exact) mass is 1970 g/mol. The molecule has 0 bridgehead atoms. The molecule has 0 saturated carbocycles. The molecule has 0 atom stereocenters. The van der Waals surface area contributed by atoms with Crippen molar-refractivity contribution < 1.29 is 66.2 Å². The normalized spacial score (nSPS) is 13.9. The molecule has 6 N–H and O–H groups in total. The minimum atomic E-state index is -0.698. The first-order chi connectivity index (χ1) is 64.6. The Morgan fingerprint density at radius 1 is 0.382 bits per heavy atom. The number of nitrogens with zero attached hydrogens (tertiary/aromatic N) is 25. The largest absolute Gasteiger partial charge is 0.444 e. The lowest BCUT2D eigenvalue weighted by Gasteiger charge is -2.37. The second kappa shape index (κ2) is 40.7. The summed E-state index contributed by atoms with van der Waals surface area (Å²) in [7, 11) is 0. The van der Waals surface area contributed by atoms with Gasteiger partial charge in [0.1, 0.15) is 50.1 Å². The number of ether oxygens (including phenoxy) is 5. The van der Waals surface area contributed by atoms with Crippen molar-refractivity contribution in [1.82, 2.24) is 115 Å². The van der Waals surface area contributed by atoms with Crippen LogP contribution >= 0.6 is 39.1 Å². The number of benzene rings is 2. The summed E-state index contributed by atoms with van der Waals surface area (Å²) in [6, 6.07) is 19.9. The van der Waals surface area contributed by atoms with Crippen LogP contribution in [0.2, 0.25) is 10.3 Å². The molecule has 0 aliphatic carbocycles. The lowest BCUT2D eigenvalue weighted by Crippen LogP contribution is -2.50. The molecule has 0 radical (unpaired) electrons. The topological polar surface area (TPSA) is 500 Å². The first kappa shape index (κ1) is 98.1. The maximum atomic E-state index is 12.7. The number of nitrogen functional groups attached to an aromatic ring is 1. The van der Waals surface area contributed by atoms with Crippen molar-refractivity contribution in [3.63, 3.8) is 0 Å². The summed E-state index contributed by atoms with van der Waals surface area (Å²) in [4.78, 5) is 110. The fraction of sp³-hybridized carbons (Fsp3) is 0.449. The number of imidazole rings is 4. The summed E-state index contributed by atoms with van der Waals surface area (Å²) >= 11 is 16.1. The molecule has 44 nitrogen and oxygen atoms in total. The number of aromatic nitrogens is 20. The van der Waals surface area contributed by atoms with Crippen molar-refractivity contribution in [2.24, 2.45) is 0 Å². The minimum absolute atomic E-state index is 0.0702. The third-order valence-electron chi connectivity index (χ3n) is 20.9. The van der Waals surface area contributed by atoms with Crippen LogP contribution in [0.1, 0.15) is 132 Å². The van der Waals surface area contributed by atoms with Gasteiger partial charge in [-0.25, -0.2) is 72.4 Å². The number of rotatable bonds is 16. The maximum Gasteiger partial charge on any atom is 0.413 e. The van der Waals surface area contributed by atoms with E-state index in [1.54, 1.807) is 84.5 Å². The maximum absolute atomic E-state index is 12.7. The Balaban J connectivity index is 0.000000148. The number of carbonyl (C=O) groups excluding carboxylic acids is 5. The van der Waals surface area contributed by atoms with Crippen LogP contribution in [0, 0.1) is 0 Å². The van der Waals surface area contributed by atoms with E-state index < -0.39 is 46.3 Å². The SMILES string of the molecule is CCn1c(-c2nonc2N)nc2c(-c3ccccc3)ncc(N3CCNCC3)c21.CCn1c(-c2nonc2NC(=O)OC(C)(C)C)nc2c(-c3ccccc3)ncc(N3CCN(C(=O)OC(C)(C)C)CC3)c21.CCn1c(-c2nonc2NC(=O)OC(C)(C)C)nc2c(Cl)ncc(Br)c21.CCn1c(-c2nonc2NC(=O)OC(C)(C)C)nc2c(Cl)ncc(N3CCN(C(=O)OC(C)(C)C)CC3)c21. The summed E-state index contributed by atoms with van der Waals surface area (Å²) in [5, 5.41) is 42.8. The first-order valence-corrected chi connectivity index (χ1v) is 45.8. The number of fused-ring (bicyclic) bond motifs is 4. The van der Waals surface area contributed by atoms with Crippen LogP contribution in [0.5, 0.6) is 0 Å². The zero-order valence-electron chi connectivity index (χ0n) is 79.0. The lowest BCUT2D eigenvalue weighted by atomic mass is 10.1. The number of nitrogens with one attached hydrogen (secondary N) is 4. The third-order valence-corrected chi connectivity index (χ3v) is 22.1. The number of hydrogen-bond donors (Lipinski definition) is 5. The Labute approximate surface area is 799 Å². The second-order valence-electron chi connectivity index (χ2n) is 36.5. The van der Waals surface area contributed by atoms with Crippen molar-refractivity contribution in [3.05, 3.63) is 100 Å². The number of nitrogens with two attached hydrogens (primary N) is 1. The van der Waals surface area contributed by atoms with Gasteiger partial charge in [-0.2, -0.15) is 0 Å². The van der Waals surface area contributed by atoms with E-state index in [1.807, 2.05) is 149 Å². The zero-order chi connectivity index (χ0) is 97.6. The third kappa shape index (κ3) is 22.5. The van der Waals surface area contributed by atoms with Crippen molar-refractivity contribution in [2.45, 2.75) is 186 Å². The van der Waals surface area contributed by atoms with Crippen LogP contribution in [0.3, 0.4) is 0 Å². The van der Waals surface area contributed by atoms with Crippen molar-refractivity contribution in [2.75, 3.05) is 115 Å². The van der Waals surface area contributed by atoms with Gasteiger partial charge in [0, 0.05) is 122 Å². The van der Waals surface area contributed by atoms with Gasteiger partial charge in [0.25, 0.3) is 0 Å². The van der Waals surface area contributed by atoms with Gasteiger partial charge < -0.3 is 77.5 Å². The molecule has 2 aromatic carbocycles. The second-order valence-corrected chi connectivity index (χ2v) is 38.0. The Morgan fingerprint density at radius 2 is 0.684 bits per heavy atom. The van der Waals surface area contributed by atoms with E-state index in [9.17, 15) is 24.0 Å². The van der Waals surface area contributed by atoms with E-state index in [0.29, 0.717) is 130 Å². The van der Waals surface area contributed by atoms with E-state index in [1.165, 1.54) is 0 Å². The summed E-state index contributed by atoms with van der Waals surface area (Å²) in [5.41, 5.74) is 16.1. The molecule has 3 fully saturated rings. The van der Waals surface area contributed by atoms with Crippen LogP contribution < -0.4 is 41.7 Å².